The molecule has 0 saturated carbocycles. The quantitative estimate of drug-likeness (QED) is 0.877. The summed E-state index contributed by atoms with van der Waals surface area (Å²) in [5, 5.41) is 12.8. The Balaban J connectivity index is 2.10. The van der Waals surface area contributed by atoms with E-state index in [0.717, 1.165) is 11.3 Å². The minimum absolute atomic E-state index is 0.00986. The molecule has 20 heavy (non-hydrogen) atoms. The third-order valence-electron chi connectivity index (χ3n) is 3.06. The van der Waals surface area contributed by atoms with E-state index in [0.29, 0.717) is 18.8 Å². The Morgan fingerprint density at radius 3 is 2.80 bits per heavy atom. The molecule has 5 nitrogen and oxygen atoms in total. The molecule has 0 aliphatic heterocycles. The molecule has 0 unspecified atom stereocenters. The molecule has 2 aromatic rings. The highest BCUT2D eigenvalue weighted by Gasteiger charge is 2.03. The Morgan fingerprint density at radius 1 is 1.30 bits per heavy atom. The number of rotatable bonds is 5. The van der Waals surface area contributed by atoms with Crippen LogP contribution in [0.2, 0.25) is 0 Å². The van der Waals surface area contributed by atoms with Crippen LogP contribution in [0.3, 0.4) is 0 Å². The van der Waals surface area contributed by atoms with Gasteiger partial charge in [0.05, 0.1) is 12.8 Å². The summed E-state index contributed by atoms with van der Waals surface area (Å²) in [7, 11) is 1.52. The molecular formula is C15H18N2O3. The van der Waals surface area contributed by atoms with Crippen molar-refractivity contribution in [2.45, 2.75) is 20.0 Å². The topological polar surface area (TPSA) is 63.5 Å². The van der Waals surface area contributed by atoms with Crippen LogP contribution in [0, 0.1) is 0 Å². The summed E-state index contributed by atoms with van der Waals surface area (Å²) >= 11 is 0. The number of aromatic hydroxyl groups is 1. The van der Waals surface area contributed by atoms with Gasteiger partial charge in [0.1, 0.15) is 0 Å². The highest BCUT2D eigenvalue weighted by Crippen LogP contribution is 2.26. The maximum Gasteiger partial charge on any atom is 0.250 e. The third-order valence-corrected chi connectivity index (χ3v) is 3.06. The number of pyridine rings is 1. The van der Waals surface area contributed by atoms with Crippen LogP contribution in [0.15, 0.2) is 41.3 Å². The highest BCUT2D eigenvalue weighted by atomic mass is 16.5. The van der Waals surface area contributed by atoms with E-state index in [1.165, 1.54) is 7.11 Å². The van der Waals surface area contributed by atoms with Gasteiger partial charge in [-0.1, -0.05) is 6.07 Å². The van der Waals surface area contributed by atoms with E-state index < -0.39 is 0 Å². The number of ether oxygens (including phenoxy) is 1. The summed E-state index contributed by atoms with van der Waals surface area (Å²) in [5.41, 5.74) is 1.84. The van der Waals surface area contributed by atoms with Gasteiger partial charge in [-0.25, -0.2) is 0 Å². The molecule has 0 fully saturated rings. The summed E-state index contributed by atoms with van der Waals surface area (Å²) in [6.45, 7) is 3.15. The van der Waals surface area contributed by atoms with E-state index in [4.69, 9.17) is 4.74 Å². The number of phenols is 1. The van der Waals surface area contributed by atoms with Gasteiger partial charge in [0.15, 0.2) is 11.5 Å². The van der Waals surface area contributed by atoms with Gasteiger partial charge in [0.25, 0.3) is 5.56 Å². The summed E-state index contributed by atoms with van der Waals surface area (Å²) in [6.07, 6.45) is 1.79. The Morgan fingerprint density at radius 2 is 2.10 bits per heavy atom. The Kier molecular flexibility index (Phi) is 4.30. The van der Waals surface area contributed by atoms with Gasteiger partial charge < -0.3 is 19.7 Å². The van der Waals surface area contributed by atoms with E-state index in [9.17, 15) is 9.90 Å². The number of nitrogens with one attached hydrogen (secondary N) is 1. The Labute approximate surface area is 117 Å². The predicted molar refractivity (Wildman–Crippen MR) is 78.4 cm³/mol. The van der Waals surface area contributed by atoms with Crippen LogP contribution in [0.25, 0.3) is 0 Å². The monoisotopic (exact) mass is 274 g/mol. The lowest BCUT2D eigenvalue weighted by atomic mass is 10.2. The normalized spacial score (nSPS) is 10.3. The number of aromatic nitrogens is 1. The molecular weight excluding hydrogens is 256 g/mol. The largest absolute Gasteiger partial charge is 0.504 e. The van der Waals surface area contributed by atoms with Gasteiger partial charge in [0.2, 0.25) is 0 Å². The minimum Gasteiger partial charge on any atom is -0.504 e. The first-order valence-corrected chi connectivity index (χ1v) is 6.44. The maximum atomic E-state index is 11.5. The van der Waals surface area contributed by atoms with Crippen molar-refractivity contribution >= 4 is 5.69 Å². The van der Waals surface area contributed by atoms with Crippen LogP contribution >= 0.6 is 0 Å². The van der Waals surface area contributed by atoms with Crippen LogP contribution in [0.4, 0.5) is 5.69 Å². The molecule has 0 aliphatic rings. The molecule has 1 aromatic heterocycles. The lowest BCUT2D eigenvalue weighted by Crippen LogP contribution is -2.17. The van der Waals surface area contributed by atoms with Crippen molar-refractivity contribution in [3.8, 4) is 11.5 Å². The van der Waals surface area contributed by atoms with Gasteiger partial charge in [-0.05, 0) is 30.7 Å². The molecule has 5 heteroatoms. The number of nitrogens with zero attached hydrogens (tertiary/aromatic N) is 1. The number of phenolic OH excluding ortho intramolecular Hbond substituents is 1. The van der Waals surface area contributed by atoms with Crippen molar-refractivity contribution in [1.29, 1.82) is 0 Å². The number of hydrogen-bond donors (Lipinski definition) is 2. The molecule has 0 spiro atoms. The summed E-state index contributed by atoms with van der Waals surface area (Å²) in [5.74, 6) is 0.568. The zero-order valence-corrected chi connectivity index (χ0v) is 11.6. The third kappa shape index (κ3) is 3.12. The van der Waals surface area contributed by atoms with Crippen molar-refractivity contribution in [2.24, 2.45) is 0 Å². The van der Waals surface area contributed by atoms with Crippen LogP contribution in [0.5, 0.6) is 11.5 Å². The zero-order chi connectivity index (χ0) is 14.5. The second kappa shape index (κ2) is 6.14. The maximum absolute atomic E-state index is 11.5. The van der Waals surface area contributed by atoms with Gasteiger partial charge in [-0.15, -0.1) is 0 Å². The number of hydrogen-bond acceptors (Lipinski definition) is 4. The summed E-state index contributed by atoms with van der Waals surface area (Å²) in [6, 6.07) is 8.50. The first-order chi connectivity index (χ1) is 9.63. The number of methoxy groups -OCH3 is 1. The average molecular weight is 274 g/mol. The molecule has 1 aromatic carbocycles. The molecule has 106 valence electrons. The molecule has 0 radical (unpaired) electrons. The molecule has 0 atom stereocenters. The van der Waals surface area contributed by atoms with Crippen LogP contribution in [-0.4, -0.2) is 16.8 Å². The van der Waals surface area contributed by atoms with Gasteiger partial charge in [-0.2, -0.15) is 0 Å². The van der Waals surface area contributed by atoms with E-state index in [1.807, 2.05) is 13.0 Å². The SMILES string of the molecule is CCn1cc(NCc2ccc(O)c(OC)c2)ccc1=O. The van der Waals surface area contributed by atoms with Crippen molar-refractivity contribution in [2.75, 3.05) is 12.4 Å². The number of benzene rings is 1. The first kappa shape index (κ1) is 14.0. The molecule has 0 saturated heterocycles. The van der Waals surface area contributed by atoms with Crippen molar-refractivity contribution in [3.05, 3.63) is 52.4 Å². The second-order valence-corrected chi connectivity index (χ2v) is 4.40. The fourth-order valence-corrected chi connectivity index (χ4v) is 1.92. The lowest BCUT2D eigenvalue weighted by Gasteiger charge is -2.10. The molecule has 1 heterocycles. The van der Waals surface area contributed by atoms with Gasteiger partial charge in [-0.3, -0.25) is 4.79 Å². The van der Waals surface area contributed by atoms with Crippen LogP contribution in [-0.2, 0) is 13.1 Å². The van der Waals surface area contributed by atoms with Crippen molar-refractivity contribution in [1.82, 2.24) is 4.57 Å². The highest BCUT2D eigenvalue weighted by molar-refractivity contribution is 5.45. The zero-order valence-electron chi connectivity index (χ0n) is 11.6. The lowest BCUT2D eigenvalue weighted by molar-refractivity contribution is 0.373. The van der Waals surface area contributed by atoms with Crippen molar-refractivity contribution in [3.63, 3.8) is 0 Å². The smallest absolute Gasteiger partial charge is 0.250 e. The Bertz CT molecular complexity index is 650. The van der Waals surface area contributed by atoms with E-state index >= 15 is 0 Å². The van der Waals surface area contributed by atoms with E-state index in [2.05, 4.69) is 5.32 Å². The molecule has 2 N–H and O–H groups in total. The fourth-order valence-electron chi connectivity index (χ4n) is 1.92. The number of aryl methyl sites for hydroxylation is 1. The summed E-state index contributed by atoms with van der Waals surface area (Å²) in [4.78, 5) is 11.5. The summed E-state index contributed by atoms with van der Waals surface area (Å²) < 4.78 is 6.71. The predicted octanol–water partition coefficient (Wildman–Crippen LogP) is 2.19. The first-order valence-electron chi connectivity index (χ1n) is 6.44. The van der Waals surface area contributed by atoms with E-state index in [1.54, 1.807) is 35.0 Å². The Hall–Kier alpha value is -2.43. The van der Waals surface area contributed by atoms with Crippen LogP contribution in [0.1, 0.15) is 12.5 Å². The van der Waals surface area contributed by atoms with Gasteiger partial charge >= 0.3 is 0 Å². The second-order valence-electron chi connectivity index (χ2n) is 4.40. The molecule has 0 amide bonds. The molecule has 0 aliphatic carbocycles. The van der Waals surface area contributed by atoms with Crippen LogP contribution < -0.4 is 15.6 Å². The van der Waals surface area contributed by atoms with Gasteiger partial charge in [0, 0.05) is 25.4 Å². The molecule has 2 rings (SSSR count). The van der Waals surface area contributed by atoms with E-state index in [-0.39, 0.29) is 11.3 Å². The number of anilines is 1. The standard InChI is InChI=1S/C15H18N2O3/c1-3-17-10-12(5-7-15(17)19)16-9-11-4-6-13(18)14(8-11)20-2/h4-8,10,16,18H,3,9H2,1-2H3. The van der Waals surface area contributed by atoms with Crippen molar-refractivity contribution < 1.29 is 9.84 Å². The molecule has 0 bridgehead atoms. The minimum atomic E-state index is -0.00986. The average Bonchev–Trinajstić information content (AvgIpc) is 2.47. The fraction of sp³-hybridized carbons (Fsp3) is 0.267.